The largest absolute Gasteiger partial charge is 0.397 e. The third-order valence-corrected chi connectivity index (χ3v) is 3.38. The topological polar surface area (TPSA) is 55.1 Å². The number of amides is 1. The standard InChI is InChI=1S/C14H21ClN2O/c1-3-5-7-10(4-2)14(18)17-13-11(15)8-6-9-12(13)16/h6,8-10H,3-5,7,16H2,1-2H3,(H,17,18). The first kappa shape index (κ1) is 14.8. The molecule has 0 bridgehead atoms. The van der Waals surface area contributed by atoms with E-state index in [1.807, 2.05) is 6.92 Å². The Morgan fingerprint density at radius 1 is 1.44 bits per heavy atom. The summed E-state index contributed by atoms with van der Waals surface area (Å²) in [6, 6.07) is 5.22. The van der Waals surface area contributed by atoms with Crippen molar-refractivity contribution >= 4 is 28.9 Å². The molecular formula is C14H21ClN2O. The Kier molecular flexibility index (Phi) is 5.99. The van der Waals surface area contributed by atoms with E-state index < -0.39 is 0 Å². The molecule has 1 aromatic carbocycles. The van der Waals surface area contributed by atoms with Gasteiger partial charge >= 0.3 is 0 Å². The lowest BCUT2D eigenvalue weighted by Crippen LogP contribution is -2.23. The van der Waals surface area contributed by atoms with Crippen LogP contribution in [-0.4, -0.2) is 5.91 Å². The van der Waals surface area contributed by atoms with Crippen LogP contribution in [0.5, 0.6) is 0 Å². The van der Waals surface area contributed by atoms with Gasteiger partial charge in [-0.2, -0.15) is 0 Å². The highest BCUT2D eigenvalue weighted by molar-refractivity contribution is 6.34. The Balaban J connectivity index is 2.73. The van der Waals surface area contributed by atoms with Crippen LogP contribution in [0.4, 0.5) is 11.4 Å². The van der Waals surface area contributed by atoms with Gasteiger partial charge in [-0.25, -0.2) is 0 Å². The summed E-state index contributed by atoms with van der Waals surface area (Å²) in [5.74, 6) is 0.0337. The molecule has 1 aromatic rings. The van der Waals surface area contributed by atoms with Gasteiger partial charge in [0.05, 0.1) is 16.4 Å². The molecule has 0 spiro atoms. The number of rotatable bonds is 6. The van der Waals surface area contributed by atoms with E-state index in [0.29, 0.717) is 16.4 Å². The van der Waals surface area contributed by atoms with Crippen LogP contribution in [-0.2, 0) is 4.79 Å². The third kappa shape index (κ3) is 3.91. The number of carbonyl (C=O) groups is 1. The van der Waals surface area contributed by atoms with Gasteiger partial charge in [-0.1, -0.05) is 44.4 Å². The summed E-state index contributed by atoms with van der Waals surface area (Å²) < 4.78 is 0. The van der Waals surface area contributed by atoms with E-state index in [1.54, 1.807) is 18.2 Å². The van der Waals surface area contributed by atoms with Crippen molar-refractivity contribution in [3.63, 3.8) is 0 Å². The smallest absolute Gasteiger partial charge is 0.227 e. The lowest BCUT2D eigenvalue weighted by molar-refractivity contribution is -0.120. The van der Waals surface area contributed by atoms with Gasteiger partial charge < -0.3 is 11.1 Å². The van der Waals surface area contributed by atoms with Crippen LogP contribution < -0.4 is 11.1 Å². The van der Waals surface area contributed by atoms with E-state index in [0.717, 1.165) is 25.7 Å². The lowest BCUT2D eigenvalue weighted by Gasteiger charge is -2.16. The van der Waals surface area contributed by atoms with Gasteiger partial charge in [-0.3, -0.25) is 4.79 Å². The fourth-order valence-electron chi connectivity index (χ4n) is 1.87. The summed E-state index contributed by atoms with van der Waals surface area (Å²) in [4.78, 5) is 12.1. The highest BCUT2D eigenvalue weighted by atomic mass is 35.5. The molecule has 0 fully saturated rings. The van der Waals surface area contributed by atoms with Gasteiger partial charge in [-0.05, 0) is 25.0 Å². The highest BCUT2D eigenvalue weighted by Gasteiger charge is 2.17. The average molecular weight is 269 g/mol. The van der Waals surface area contributed by atoms with E-state index in [2.05, 4.69) is 12.2 Å². The van der Waals surface area contributed by atoms with Gasteiger partial charge in [-0.15, -0.1) is 0 Å². The number of carbonyl (C=O) groups excluding carboxylic acids is 1. The summed E-state index contributed by atoms with van der Waals surface area (Å²) in [7, 11) is 0. The minimum absolute atomic E-state index is 0.00532. The van der Waals surface area contributed by atoms with Crippen molar-refractivity contribution in [2.75, 3.05) is 11.1 Å². The molecule has 0 aliphatic rings. The van der Waals surface area contributed by atoms with Crippen molar-refractivity contribution in [3.05, 3.63) is 23.2 Å². The maximum Gasteiger partial charge on any atom is 0.227 e. The lowest BCUT2D eigenvalue weighted by atomic mass is 9.98. The molecule has 1 rings (SSSR count). The number of unbranched alkanes of at least 4 members (excludes halogenated alkanes) is 1. The van der Waals surface area contributed by atoms with Crippen LogP contribution in [0.25, 0.3) is 0 Å². The first-order valence-electron chi connectivity index (χ1n) is 6.45. The average Bonchev–Trinajstić information content (AvgIpc) is 2.35. The highest BCUT2D eigenvalue weighted by Crippen LogP contribution is 2.28. The van der Waals surface area contributed by atoms with Gasteiger partial charge in [0, 0.05) is 5.92 Å². The number of para-hydroxylation sites is 1. The van der Waals surface area contributed by atoms with E-state index in [-0.39, 0.29) is 11.8 Å². The van der Waals surface area contributed by atoms with E-state index in [1.165, 1.54) is 0 Å². The molecule has 1 atom stereocenters. The molecule has 4 heteroatoms. The van der Waals surface area contributed by atoms with Crippen LogP contribution in [0.2, 0.25) is 5.02 Å². The number of hydrogen-bond acceptors (Lipinski definition) is 2. The number of nitrogens with one attached hydrogen (secondary N) is 1. The zero-order chi connectivity index (χ0) is 13.5. The Bertz CT molecular complexity index is 387. The minimum Gasteiger partial charge on any atom is -0.397 e. The molecule has 0 heterocycles. The molecule has 3 N–H and O–H groups in total. The van der Waals surface area contributed by atoms with E-state index in [9.17, 15) is 4.79 Å². The number of halogens is 1. The number of benzene rings is 1. The molecule has 3 nitrogen and oxygen atoms in total. The quantitative estimate of drug-likeness (QED) is 0.764. The second-order valence-corrected chi connectivity index (χ2v) is 4.85. The van der Waals surface area contributed by atoms with Crippen LogP contribution in [0.15, 0.2) is 18.2 Å². The summed E-state index contributed by atoms with van der Waals surface area (Å²) >= 11 is 6.03. The predicted molar refractivity (Wildman–Crippen MR) is 77.8 cm³/mol. The molecule has 100 valence electrons. The molecule has 0 radical (unpaired) electrons. The first-order valence-corrected chi connectivity index (χ1v) is 6.82. The van der Waals surface area contributed by atoms with E-state index >= 15 is 0 Å². The van der Waals surface area contributed by atoms with Crippen molar-refractivity contribution in [1.29, 1.82) is 0 Å². The van der Waals surface area contributed by atoms with Crippen LogP contribution in [0.3, 0.4) is 0 Å². The third-order valence-electron chi connectivity index (χ3n) is 3.06. The SMILES string of the molecule is CCCCC(CC)C(=O)Nc1c(N)cccc1Cl. The minimum atomic E-state index is 0.00532. The van der Waals surface area contributed by atoms with Gasteiger partial charge in [0.1, 0.15) is 0 Å². The summed E-state index contributed by atoms with van der Waals surface area (Å²) in [5.41, 5.74) is 6.84. The van der Waals surface area contributed by atoms with Crippen LogP contribution in [0.1, 0.15) is 39.5 Å². The first-order chi connectivity index (χ1) is 8.60. The Morgan fingerprint density at radius 2 is 2.17 bits per heavy atom. The molecule has 0 aromatic heterocycles. The second-order valence-electron chi connectivity index (χ2n) is 4.44. The molecule has 1 amide bonds. The van der Waals surface area contributed by atoms with Crippen molar-refractivity contribution < 1.29 is 4.79 Å². The summed E-state index contributed by atoms with van der Waals surface area (Å²) in [6.45, 7) is 4.15. The molecule has 0 saturated carbocycles. The van der Waals surface area contributed by atoms with Gasteiger partial charge in [0.2, 0.25) is 5.91 Å². The van der Waals surface area contributed by atoms with Crippen molar-refractivity contribution in [2.24, 2.45) is 5.92 Å². The van der Waals surface area contributed by atoms with E-state index in [4.69, 9.17) is 17.3 Å². The van der Waals surface area contributed by atoms with Gasteiger partial charge in [0.15, 0.2) is 0 Å². The number of hydrogen-bond donors (Lipinski definition) is 2. The molecule has 1 unspecified atom stereocenters. The van der Waals surface area contributed by atoms with Crippen molar-refractivity contribution in [1.82, 2.24) is 0 Å². The maximum atomic E-state index is 12.1. The molecular weight excluding hydrogens is 248 g/mol. The Hall–Kier alpha value is -1.22. The van der Waals surface area contributed by atoms with Crippen LogP contribution in [0, 0.1) is 5.92 Å². The molecule has 0 aliphatic heterocycles. The summed E-state index contributed by atoms with van der Waals surface area (Å²) in [5, 5.41) is 3.32. The predicted octanol–water partition coefficient (Wildman–Crippen LogP) is 4.08. The molecule has 0 saturated heterocycles. The van der Waals surface area contributed by atoms with Crippen LogP contribution >= 0.6 is 11.6 Å². The molecule has 0 aliphatic carbocycles. The molecule has 18 heavy (non-hydrogen) atoms. The fourth-order valence-corrected chi connectivity index (χ4v) is 2.10. The van der Waals surface area contributed by atoms with Crippen molar-refractivity contribution in [3.8, 4) is 0 Å². The van der Waals surface area contributed by atoms with Crippen molar-refractivity contribution in [2.45, 2.75) is 39.5 Å². The number of nitrogens with two attached hydrogens (primary N) is 1. The Morgan fingerprint density at radius 3 is 2.72 bits per heavy atom. The number of anilines is 2. The summed E-state index contributed by atoms with van der Waals surface area (Å²) in [6.07, 6.45) is 3.89. The maximum absolute atomic E-state index is 12.1. The second kappa shape index (κ2) is 7.27. The normalized spacial score (nSPS) is 12.2. The zero-order valence-electron chi connectivity index (χ0n) is 11.0. The zero-order valence-corrected chi connectivity index (χ0v) is 11.8. The monoisotopic (exact) mass is 268 g/mol. The number of nitrogen functional groups attached to an aromatic ring is 1. The fraction of sp³-hybridized carbons (Fsp3) is 0.500. The van der Waals surface area contributed by atoms with Gasteiger partial charge in [0.25, 0.3) is 0 Å². The Labute approximate surface area is 114 Å².